The van der Waals surface area contributed by atoms with Crippen LogP contribution in [0.4, 0.5) is 9.18 Å². The van der Waals surface area contributed by atoms with Crippen LogP contribution in [0, 0.1) is 0 Å². The zero-order valence-electron chi connectivity index (χ0n) is 9.61. The number of hydrogen-bond acceptors (Lipinski definition) is 2. The molecule has 5 heteroatoms. The van der Waals surface area contributed by atoms with E-state index in [-0.39, 0.29) is 18.1 Å². The average Bonchev–Trinajstić information content (AvgIpc) is 2.11. The lowest BCUT2D eigenvalue weighted by atomic mass is 10.00. The molecular formula is C10H20FN3O. The van der Waals surface area contributed by atoms with Crippen LogP contribution in [-0.2, 0) is 0 Å². The van der Waals surface area contributed by atoms with Crippen molar-refractivity contribution in [2.45, 2.75) is 38.4 Å². The molecule has 1 rings (SSSR count). The normalized spacial score (nSPS) is 19.2. The Kier molecular flexibility index (Phi) is 3.54. The molecule has 15 heavy (non-hydrogen) atoms. The number of carbonyl (C=O) groups is 1. The summed E-state index contributed by atoms with van der Waals surface area (Å²) in [5.74, 6) is 0. The maximum Gasteiger partial charge on any atom is 0.315 e. The van der Waals surface area contributed by atoms with Gasteiger partial charge in [-0.3, -0.25) is 0 Å². The summed E-state index contributed by atoms with van der Waals surface area (Å²) in [5.41, 5.74) is -1.50. The Morgan fingerprint density at radius 2 is 2.13 bits per heavy atom. The Bertz CT molecular complexity index is 239. The highest BCUT2D eigenvalue weighted by molar-refractivity contribution is 5.74. The van der Waals surface area contributed by atoms with Crippen molar-refractivity contribution in [2.24, 2.45) is 0 Å². The Morgan fingerprint density at radius 3 is 2.53 bits per heavy atom. The van der Waals surface area contributed by atoms with E-state index in [2.05, 4.69) is 16.0 Å². The molecule has 0 aromatic rings. The third kappa shape index (κ3) is 3.66. The summed E-state index contributed by atoms with van der Waals surface area (Å²) in [5, 5.41) is 8.18. The topological polar surface area (TPSA) is 53.2 Å². The zero-order valence-corrected chi connectivity index (χ0v) is 9.61. The molecule has 1 heterocycles. The van der Waals surface area contributed by atoms with Crippen LogP contribution in [0.5, 0.6) is 0 Å². The minimum Gasteiger partial charge on any atom is -0.335 e. The fourth-order valence-corrected chi connectivity index (χ4v) is 1.20. The highest BCUT2D eigenvalue weighted by atomic mass is 19.1. The van der Waals surface area contributed by atoms with E-state index >= 15 is 0 Å². The van der Waals surface area contributed by atoms with Crippen LogP contribution in [0.15, 0.2) is 0 Å². The molecule has 1 fully saturated rings. The number of amides is 2. The maximum absolute atomic E-state index is 13.5. The van der Waals surface area contributed by atoms with Gasteiger partial charge in [0.1, 0.15) is 0 Å². The molecule has 0 radical (unpaired) electrons. The molecule has 0 aromatic heterocycles. The van der Waals surface area contributed by atoms with Crippen molar-refractivity contribution in [3.8, 4) is 0 Å². The molecule has 0 bridgehead atoms. The molecule has 0 aromatic carbocycles. The molecule has 1 aliphatic rings. The molecular weight excluding hydrogens is 197 g/mol. The van der Waals surface area contributed by atoms with Crippen LogP contribution in [0.25, 0.3) is 0 Å². The first kappa shape index (κ1) is 12.2. The largest absolute Gasteiger partial charge is 0.335 e. The van der Waals surface area contributed by atoms with Crippen molar-refractivity contribution in [3.63, 3.8) is 0 Å². The first-order valence-electron chi connectivity index (χ1n) is 5.33. The molecule has 0 aliphatic carbocycles. The minimum atomic E-state index is -1.26. The van der Waals surface area contributed by atoms with E-state index in [0.29, 0.717) is 13.1 Å². The summed E-state index contributed by atoms with van der Waals surface area (Å²) in [6.45, 7) is 6.58. The van der Waals surface area contributed by atoms with Gasteiger partial charge in [0, 0.05) is 18.6 Å². The monoisotopic (exact) mass is 217 g/mol. The van der Waals surface area contributed by atoms with Crippen LogP contribution in [0.3, 0.4) is 0 Å². The molecule has 0 unspecified atom stereocenters. The van der Waals surface area contributed by atoms with Crippen molar-refractivity contribution in [2.75, 3.05) is 19.6 Å². The highest BCUT2D eigenvalue weighted by Gasteiger charge is 2.37. The molecule has 1 aliphatic heterocycles. The number of hydrogen-bond donors (Lipinski definition) is 3. The van der Waals surface area contributed by atoms with Crippen LogP contribution in [0.2, 0.25) is 0 Å². The lowest BCUT2D eigenvalue weighted by molar-refractivity contribution is 0.0914. The highest BCUT2D eigenvalue weighted by Crippen LogP contribution is 2.14. The fourth-order valence-electron chi connectivity index (χ4n) is 1.20. The first-order valence-corrected chi connectivity index (χ1v) is 5.33. The van der Waals surface area contributed by atoms with Gasteiger partial charge in [-0.25, -0.2) is 9.18 Å². The quantitative estimate of drug-likeness (QED) is 0.652. The molecule has 0 atom stereocenters. The molecule has 1 saturated heterocycles. The summed E-state index contributed by atoms with van der Waals surface area (Å²) in [6.07, 6.45) is 0.836. The number of urea groups is 1. The standard InChI is InChI=1S/C10H20FN3O/c1-4-9(2,3)14-8(15)13-7-10(11)5-12-6-10/h12H,4-7H2,1-3H3,(H2,13,14,15). The van der Waals surface area contributed by atoms with E-state index in [1.165, 1.54) is 0 Å². The van der Waals surface area contributed by atoms with E-state index < -0.39 is 5.67 Å². The summed E-state index contributed by atoms with van der Waals surface area (Å²) in [6, 6.07) is -0.300. The number of nitrogens with one attached hydrogen (secondary N) is 3. The third-order valence-corrected chi connectivity index (χ3v) is 2.79. The van der Waals surface area contributed by atoms with Gasteiger partial charge in [-0.2, -0.15) is 0 Å². The summed E-state index contributed by atoms with van der Waals surface area (Å²) in [7, 11) is 0. The second-order valence-electron chi connectivity index (χ2n) is 4.80. The predicted octanol–water partition coefficient (Wildman–Crippen LogP) is 0.786. The number of carbonyl (C=O) groups excluding carboxylic acids is 1. The zero-order chi connectivity index (χ0) is 11.5. The molecule has 0 spiro atoms. The predicted molar refractivity (Wildman–Crippen MR) is 57.6 cm³/mol. The second kappa shape index (κ2) is 4.35. The van der Waals surface area contributed by atoms with Gasteiger partial charge in [-0.1, -0.05) is 6.92 Å². The number of rotatable bonds is 4. The Labute approximate surface area is 90.0 Å². The number of alkyl halides is 1. The lowest BCUT2D eigenvalue weighted by Crippen LogP contribution is -2.62. The van der Waals surface area contributed by atoms with Crippen molar-refractivity contribution in [3.05, 3.63) is 0 Å². The van der Waals surface area contributed by atoms with Gasteiger partial charge in [0.05, 0.1) is 6.54 Å². The van der Waals surface area contributed by atoms with Gasteiger partial charge in [0.2, 0.25) is 0 Å². The van der Waals surface area contributed by atoms with Crippen molar-refractivity contribution < 1.29 is 9.18 Å². The van der Waals surface area contributed by atoms with E-state index in [9.17, 15) is 9.18 Å². The van der Waals surface area contributed by atoms with E-state index in [1.54, 1.807) is 0 Å². The molecule has 88 valence electrons. The Hall–Kier alpha value is -0.840. The van der Waals surface area contributed by atoms with Crippen LogP contribution >= 0.6 is 0 Å². The van der Waals surface area contributed by atoms with Gasteiger partial charge < -0.3 is 16.0 Å². The van der Waals surface area contributed by atoms with Crippen LogP contribution < -0.4 is 16.0 Å². The lowest BCUT2D eigenvalue weighted by Gasteiger charge is -2.35. The second-order valence-corrected chi connectivity index (χ2v) is 4.80. The SMILES string of the molecule is CCC(C)(C)NC(=O)NCC1(F)CNC1. The summed E-state index contributed by atoms with van der Waals surface area (Å²) in [4.78, 5) is 11.4. The van der Waals surface area contributed by atoms with E-state index in [4.69, 9.17) is 0 Å². The van der Waals surface area contributed by atoms with Crippen molar-refractivity contribution in [1.29, 1.82) is 0 Å². The van der Waals surface area contributed by atoms with E-state index in [0.717, 1.165) is 6.42 Å². The van der Waals surface area contributed by atoms with Crippen LogP contribution in [0.1, 0.15) is 27.2 Å². The van der Waals surface area contributed by atoms with Gasteiger partial charge in [0.15, 0.2) is 5.67 Å². The van der Waals surface area contributed by atoms with Crippen molar-refractivity contribution >= 4 is 6.03 Å². The van der Waals surface area contributed by atoms with Gasteiger partial charge >= 0.3 is 6.03 Å². The summed E-state index contributed by atoms with van der Waals surface area (Å²) >= 11 is 0. The molecule has 3 N–H and O–H groups in total. The first-order chi connectivity index (χ1) is 6.87. The Morgan fingerprint density at radius 1 is 1.53 bits per heavy atom. The smallest absolute Gasteiger partial charge is 0.315 e. The average molecular weight is 217 g/mol. The maximum atomic E-state index is 13.5. The van der Waals surface area contributed by atoms with Crippen molar-refractivity contribution in [1.82, 2.24) is 16.0 Å². The molecule has 2 amide bonds. The Balaban J connectivity index is 2.24. The molecule has 4 nitrogen and oxygen atoms in total. The minimum absolute atomic E-state index is 0.0750. The summed E-state index contributed by atoms with van der Waals surface area (Å²) < 4.78 is 13.5. The van der Waals surface area contributed by atoms with E-state index in [1.807, 2.05) is 20.8 Å². The van der Waals surface area contributed by atoms with Crippen LogP contribution in [-0.4, -0.2) is 36.9 Å². The number of halogens is 1. The fraction of sp³-hybridized carbons (Fsp3) is 0.900. The van der Waals surface area contributed by atoms with Gasteiger partial charge in [-0.05, 0) is 20.3 Å². The van der Waals surface area contributed by atoms with Gasteiger partial charge in [0.25, 0.3) is 0 Å². The third-order valence-electron chi connectivity index (χ3n) is 2.79. The van der Waals surface area contributed by atoms with Gasteiger partial charge in [-0.15, -0.1) is 0 Å². The molecule has 0 saturated carbocycles.